The Kier molecular flexibility index (Phi) is 14.1. The van der Waals surface area contributed by atoms with Crippen molar-refractivity contribution < 1.29 is 89.1 Å². The Morgan fingerprint density at radius 1 is 0.770 bits per heavy atom. The Morgan fingerprint density at radius 3 is 2.15 bits per heavy atom. The molecule has 3 aliphatic rings. The van der Waals surface area contributed by atoms with Crippen LogP contribution in [0, 0.1) is 0 Å². The van der Waals surface area contributed by atoms with Crippen LogP contribution in [0.4, 0.5) is 0 Å². The molecule has 0 amide bonds. The van der Waals surface area contributed by atoms with Gasteiger partial charge in [0.05, 0.1) is 31.8 Å². The van der Waals surface area contributed by atoms with E-state index >= 15 is 0 Å². The molecule has 7 rings (SSSR count). The van der Waals surface area contributed by atoms with Gasteiger partial charge in [-0.05, 0) is 55.0 Å². The number of ketones is 2. The monoisotopic (exact) mass is 850 g/mol. The highest BCUT2D eigenvalue weighted by atomic mass is 16.8. The molecule has 11 atom stereocenters. The number of Topliss-reactive ketones (excluding diaryl/α,β-unsaturated/α-hetero) is 1. The van der Waals surface area contributed by atoms with Crippen LogP contribution in [0.1, 0.15) is 51.3 Å². The molecule has 0 aromatic heterocycles. The molecule has 2 saturated heterocycles. The Hall–Kier alpha value is -5.80. The standard InChI is InChI=1S/C28H34O15.C15H12O3/c1-10-21(33)23(35)25(37)27(39-10)43-26-24(36)22(34)19(9-29)42-28(26)40-12-6-14(31)20-15(32)8-17(41-18(20)7-12)11-3-4-16(38-2)13(30)5-11;16-13-7-3-1-5-11(13)9-10-15(18)12-6-2-4-8-14(12)17/h3-7,10,17,19,21-31,33-37H,8-9H2,1-2H3;1-10,16-17H/b;10-9+/t10-,17?,19+,21-,22+,23+,24-,25+,26+,27-,28+;/m0./s1. The van der Waals surface area contributed by atoms with E-state index in [2.05, 4.69) is 0 Å². The molecule has 18 heteroatoms. The number of carbonyl (C=O) groups is 2. The van der Waals surface area contributed by atoms with Crippen LogP contribution in [0.2, 0.25) is 0 Å². The quantitative estimate of drug-likeness (QED) is 0.0804. The number of para-hydroxylation sites is 2. The van der Waals surface area contributed by atoms with Crippen molar-refractivity contribution in [1.82, 2.24) is 0 Å². The number of phenolic OH excluding ortho intramolecular Hbond substituents is 4. The van der Waals surface area contributed by atoms with E-state index in [-0.39, 0.29) is 57.8 Å². The smallest absolute Gasteiger partial charge is 0.229 e. The Morgan fingerprint density at radius 2 is 1.48 bits per heavy atom. The summed E-state index contributed by atoms with van der Waals surface area (Å²) in [6, 6.07) is 19.9. The molecule has 0 spiro atoms. The van der Waals surface area contributed by atoms with Crippen molar-refractivity contribution in [2.24, 2.45) is 0 Å². The topological polar surface area (TPSA) is 292 Å². The SMILES string of the molecule is COc1ccc(C2CC(=O)c3c(O)cc(O[C@@H]4O[C@H](CO)[C@@H](O)[C@H](O)[C@H]4O[C@@H]4O[C@@H](C)[C@H](O)[C@@H](O)[C@H]4O)cc3O2)cc1O.O=C(/C=C/c1ccccc1O)c1ccccc1O. The van der Waals surface area contributed by atoms with Crippen molar-refractivity contribution in [1.29, 1.82) is 0 Å². The van der Waals surface area contributed by atoms with Crippen LogP contribution < -0.4 is 14.2 Å². The highest BCUT2D eigenvalue weighted by Crippen LogP contribution is 2.44. The summed E-state index contributed by atoms with van der Waals surface area (Å²) in [5.74, 6) is -1.31. The van der Waals surface area contributed by atoms with Crippen LogP contribution in [0.25, 0.3) is 6.08 Å². The maximum Gasteiger partial charge on any atom is 0.229 e. The average molecular weight is 851 g/mol. The number of rotatable bonds is 10. The number of hydrogen-bond acceptors (Lipinski definition) is 18. The van der Waals surface area contributed by atoms with E-state index in [4.69, 9.17) is 28.4 Å². The molecule has 326 valence electrons. The van der Waals surface area contributed by atoms with E-state index in [1.165, 1.54) is 50.5 Å². The summed E-state index contributed by atoms with van der Waals surface area (Å²) in [5, 5.41) is 102. The molecule has 0 saturated carbocycles. The molecule has 4 aromatic carbocycles. The van der Waals surface area contributed by atoms with Crippen molar-refractivity contribution in [2.45, 2.75) is 80.9 Å². The minimum atomic E-state index is -1.76. The number of methoxy groups -OCH3 is 1. The number of phenols is 4. The number of fused-ring (bicyclic) bond motifs is 1. The van der Waals surface area contributed by atoms with Gasteiger partial charge < -0.3 is 79.5 Å². The van der Waals surface area contributed by atoms with E-state index in [0.29, 0.717) is 11.1 Å². The number of hydrogen-bond donors (Lipinski definition) is 10. The van der Waals surface area contributed by atoms with E-state index in [9.17, 15) is 60.7 Å². The van der Waals surface area contributed by atoms with Gasteiger partial charge in [-0.1, -0.05) is 36.4 Å². The first-order chi connectivity index (χ1) is 29.1. The lowest BCUT2D eigenvalue weighted by atomic mass is 9.95. The first-order valence-electron chi connectivity index (χ1n) is 19.0. The number of aliphatic hydroxyl groups excluding tert-OH is 6. The molecule has 0 radical (unpaired) electrons. The highest BCUT2D eigenvalue weighted by Gasteiger charge is 2.51. The number of benzene rings is 4. The summed E-state index contributed by atoms with van der Waals surface area (Å²) in [6.07, 6.45) is -13.5. The molecule has 3 aliphatic heterocycles. The highest BCUT2D eigenvalue weighted by molar-refractivity contribution is 6.08. The van der Waals surface area contributed by atoms with Gasteiger partial charge in [0.2, 0.25) is 6.29 Å². The van der Waals surface area contributed by atoms with Crippen molar-refractivity contribution >= 4 is 17.6 Å². The average Bonchev–Trinajstić information content (AvgIpc) is 3.24. The van der Waals surface area contributed by atoms with Gasteiger partial charge in [-0.2, -0.15) is 0 Å². The molecular weight excluding hydrogens is 804 g/mol. The Balaban J connectivity index is 0.000000288. The lowest BCUT2D eigenvalue weighted by Crippen LogP contribution is -2.64. The zero-order valence-corrected chi connectivity index (χ0v) is 32.7. The molecule has 0 aliphatic carbocycles. The Labute approximate surface area is 348 Å². The van der Waals surface area contributed by atoms with E-state index in [1.807, 2.05) is 0 Å². The molecule has 10 N–H and O–H groups in total. The summed E-state index contributed by atoms with van der Waals surface area (Å²) < 4.78 is 33.7. The molecule has 3 heterocycles. The third-order valence-corrected chi connectivity index (χ3v) is 10.2. The van der Waals surface area contributed by atoms with E-state index in [1.54, 1.807) is 48.5 Å². The first-order valence-corrected chi connectivity index (χ1v) is 19.0. The van der Waals surface area contributed by atoms with E-state index in [0.717, 1.165) is 6.07 Å². The number of ether oxygens (including phenoxy) is 6. The zero-order chi connectivity index (χ0) is 44.1. The summed E-state index contributed by atoms with van der Waals surface area (Å²) in [7, 11) is 1.39. The van der Waals surface area contributed by atoms with Gasteiger partial charge in [0, 0.05) is 17.7 Å². The minimum Gasteiger partial charge on any atom is -0.507 e. The van der Waals surface area contributed by atoms with Crippen LogP contribution >= 0.6 is 0 Å². The summed E-state index contributed by atoms with van der Waals surface area (Å²) in [5.41, 5.74) is 1.15. The fourth-order valence-electron chi connectivity index (χ4n) is 6.85. The summed E-state index contributed by atoms with van der Waals surface area (Å²) in [4.78, 5) is 24.8. The van der Waals surface area contributed by atoms with Crippen LogP contribution in [-0.2, 0) is 14.2 Å². The maximum absolute atomic E-state index is 13.0. The van der Waals surface area contributed by atoms with Gasteiger partial charge in [0.25, 0.3) is 0 Å². The second kappa shape index (κ2) is 19.3. The predicted octanol–water partition coefficient (Wildman–Crippen LogP) is 1.84. The lowest BCUT2D eigenvalue weighted by Gasteiger charge is -2.45. The largest absolute Gasteiger partial charge is 0.507 e. The number of allylic oxidation sites excluding steroid dienone is 1. The van der Waals surface area contributed by atoms with Gasteiger partial charge in [0.1, 0.15) is 77.0 Å². The summed E-state index contributed by atoms with van der Waals surface area (Å²) in [6.45, 7) is 0.699. The predicted molar refractivity (Wildman–Crippen MR) is 210 cm³/mol. The normalized spacial score (nSPS) is 28.5. The van der Waals surface area contributed by atoms with Gasteiger partial charge >= 0.3 is 0 Å². The van der Waals surface area contributed by atoms with E-state index < -0.39 is 85.7 Å². The summed E-state index contributed by atoms with van der Waals surface area (Å²) >= 11 is 0. The van der Waals surface area contributed by atoms with Gasteiger partial charge in [0.15, 0.2) is 35.5 Å². The molecule has 2 fully saturated rings. The molecular formula is C43H46O18. The van der Waals surface area contributed by atoms with Crippen molar-refractivity contribution in [2.75, 3.05) is 13.7 Å². The fourth-order valence-corrected chi connectivity index (χ4v) is 6.85. The molecule has 4 aromatic rings. The van der Waals surface area contributed by atoms with Crippen molar-refractivity contribution in [3.8, 4) is 40.2 Å². The molecule has 61 heavy (non-hydrogen) atoms. The lowest BCUT2D eigenvalue weighted by molar-refractivity contribution is -0.354. The second-order valence-electron chi connectivity index (χ2n) is 14.4. The minimum absolute atomic E-state index is 0.0515. The van der Waals surface area contributed by atoms with Crippen LogP contribution in [0.3, 0.4) is 0 Å². The first kappa shape index (κ1) is 44.7. The van der Waals surface area contributed by atoms with Crippen molar-refractivity contribution in [3.63, 3.8) is 0 Å². The van der Waals surface area contributed by atoms with Crippen LogP contribution in [0.15, 0.2) is 84.9 Å². The fraction of sp³-hybridized carbons (Fsp3) is 0.349. The number of aliphatic hydroxyl groups is 6. The third kappa shape index (κ3) is 9.89. The second-order valence-corrected chi connectivity index (χ2v) is 14.4. The van der Waals surface area contributed by atoms with Crippen LogP contribution in [0.5, 0.6) is 40.2 Å². The Bertz CT molecular complexity index is 2210. The molecule has 18 nitrogen and oxygen atoms in total. The molecule has 0 bridgehead atoms. The number of carbonyl (C=O) groups excluding carboxylic acids is 2. The van der Waals surface area contributed by atoms with Gasteiger partial charge in [-0.3, -0.25) is 9.59 Å². The van der Waals surface area contributed by atoms with Gasteiger partial charge in [-0.15, -0.1) is 0 Å². The third-order valence-electron chi connectivity index (χ3n) is 10.2. The van der Waals surface area contributed by atoms with Crippen LogP contribution in [-0.4, -0.2) is 138 Å². The molecule has 1 unspecified atom stereocenters. The maximum atomic E-state index is 13.0. The number of aromatic hydroxyl groups is 4. The van der Waals surface area contributed by atoms with Crippen molar-refractivity contribution in [3.05, 3.63) is 107 Å². The zero-order valence-electron chi connectivity index (χ0n) is 32.7. The van der Waals surface area contributed by atoms with Gasteiger partial charge in [-0.25, -0.2) is 0 Å².